The zero-order valence-electron chi connectivity index (χ0n) is 12.8. The highest BCUT2D eigenvalue weighted by Gasteiger charge is 2.31. The van der Waals surface area contributed by atoms with Gasteiger partial charge in [-0.05, 0) is 35.4 Å². The molecule has 1 heterocycles. The second-order valence-corrected chi connectivity index (χ2v) is 6.78. The number of benzene rings is 1. The summed E-state index contributed by atoms with van der Waals surface area (Å²) in [6.45, 7) is 12.4. The van der Waals surface area contributed by atoms with Gasteiger partial charge in [-0.3, -0.25) is 0 Å². The highest BCUT2D eigenvalue weighted by molar-refractivity contribution is 5.24. The van der Waals surface area contributed by atoms with Crippen LogP contribution in [0.5, 0.6) is 0 Å². The number of hydrogen-bond acceptors (Lipinski definition) is 2. The molecule has 1 aromatic rings. The van der Waals surface area contributed by atoms with Crippen LogP contribution in [0.4, 0.5) is 0 Å². The van der Waals surface area contributed by atoms with Gasteiger partial charge < -0.3 is 10.6 Å². The Bertz CT molecular complexity index is 392. The second-order valence-electron chi connectivity index (χ2n) is 6.78. The molecule has 1 unspecified atom stereocenters. The van der Waals surface area contributed by atoms with Gasteiger partial charge in [-0.2, -0.15) is 0 Å². The lowest BCUT2D eigenvalue weighted by atomic mass is 9.80. The average molecular weight is 260 g/mol. The molecule has 0 aromatic heterocycles. The quantitative estimate of drug-likeness (QED) is 0.868. The van der Waals surface area contributed by atoms with E-state index in [4.69, 9.17) is 0 Å². The van der Waals surface area contributed by atoms with Crippen LogP contribution in [0.1, 0.15) is 51.2 Å². The van der Waals surface area contributed by atoms with Gasteiger partial charge in [0.25, 0.3) is 0 Å². The molecule has 0 bridgehead atoms. The largest absolute Gasteiger partial charge is 0.316 e. The van der Waals surface area contributed by atoms with E-state index in [1.165, 1.54) is 17.5 Å². The van der Waals surface area contributed by atoms with Crippen LogP contribution >= 0.6 is 0 Å². The van der Waals surface area contributed by atoms with Crippen LogP contribution in [-0.4, -0.2) is 19.1 Å². The fourth-order valence-corrected chi connectivity index (χ4v) is 2.81. The molecule has 1 aromatic carbocycles. The molecule has 2 heteroatoms. The fraction of sp³-hybridized carbons (Fsp3) is 0.647. The molecule has 2 rings (SSSR count). The van der Waals surface area contributed by atoms with Gasteiger partial charge in [0, 0.05) is 19.1 Å². The molecule has 2 N–H and O–H groups in total. The Morgan fingerprint density at radius 3 is 2.53 bits per heavy atom. The van der Waals surface area contributed by atoms with E-state index >= 15 is 0 Å². The molecule has 0 radical (unpaired) electrons. The standard InChI is InChI=1S/C17H28N2/c1-13(2)15-7-5-14(6-8-15)11-19-16-9-10-18-12-17(16,3)4/h5-8,13,16,18-19H,9-12H2,1-4H3. The summed E-state index contributed by atoms with van der Waals surface area (Å²) in [6.07, 6.45) is 1.22. The molecular formula is C17H28N2. The first-order valence-corrected chi connectivity index (χ1v) is 7.52. The Morgan fingerprint density at radius 2 is 1.95 bits per heavy atom. The highest BCUT2D eigenvalue weighted by Crippen LogP contribution is 2.25. The minimum atomic E-state index is 0.343. The Morgan fingerprint density at radius 1 is 1.26 bits per heavy atom. The first-order valence-electron chi connectivity index (χ1n) is 7.52. The molecule has 1 aliphatic heterocycles. The minimum absolute atomic E-state index is 0.343. The zero-order valence-corrected chi connectivity index (χ0v) is 12.8. The van der Waals surface area contributed by atoms with Gasteiger partial charge >= 0.3 is 0 Å². The van der Waals surface area contributed by atoms with Gasteiger partial charge in [0.15, 0.2) is 0 Å². The van der Waals surface area contributed by atoms with Gasteiger partial charge in [0.05, 0.1) is 0 Å². The van der Waals surface area contributed by atoms with Crippen molar-refractivity contribution < 1.29 is 0 Å². The normalized spacial score (nSPS) is 22.7. The summed E-state index contributed by atoms with van der Waals surface area (Å²) in [5.74, 6) is 0.616. The number of nitrogens with one attached hydrogen (secondary N) is 2. The first-order chi connectivity index (χ1) is 8.99. The first kappa shape index (κ1) is 14.5. The highest BCUT2D eigenvalue weighted by atomic mass is 15.0. The number of rotatable bonds is 4. The fourth-order valence-electron chi connectivity index (χ4n) is 2.81. The Kier molecular flexibility index (Phi) is 4.64. The van der Waals surface area contributed by atoms with E-state index < -0.39 is 0 Å². The summed E-state index contributed by atoms with van der Waals surface area (Å²) in [5, 5.41) is 7.22. The van der Waals surface area contributed by atoms with Crippen molar-refractivity contribution in [2.24, 2.45) is 5.41 Å². The number of hydrogen-bond donors (Lipinski definition) is 2. The third-order valence-corrected chi connectivity index (χ3v) is 4.33. The van der Waals surface area contributed by atoms with E-state index in [1.54, 1.807) is 0 Å². The third kappa shape index (κ3) is 3.80. The van der Waals surface area contributed by atoms with E-state index in [9.17, 15) is 0 Å². The predicted molar refractivity (Wildman–Crippen MR) is 82.4 cm³/mol. The van der Waals surface area contributed by atoms with Crippen LogP contribution in [0, 0.1) is 5.41 Å². The summed E-state index contributed by atoms with van der Waals surface area (Å²) in [4.78, 5) is 0. The third-order valence-electron chi connectivity index (χ3n) is 4.33. The van der Waals surface area contributed by atoms with Crippen LogP contribution in [0.25, 0.3) is 0 Å². The molecule has 19 heavy (non-hydrogen) atoms. The SMILES string of the molecule is CC(C)c1ccc(CNC2CCNCC2(C)C)cc1. The molecule has 1 saturated heterocycles. The van der Waals surface area contributed by atoms with Gasteiger partial charge in [-0.25, -0.2) is 0 Å². The maximum atomic E-state index is 3.74. The van der Waals surface area contributed by atoms with Crippen molar-refractivity contribution in [1.29, 1.82) is 0 Å². The molecule has 1 atom stereocenters. The molecular weight excluding hydrogens is 232 g/mol. The van der Waals surface area contributed by atoms with Crippen LogP contribution < -0.4 is 10.6 Å². The Balaban J connectivity index is 1.91. The van der Waals surface area contributed by atoms with Crippen molar-refractivity contribution in [3.05, 3.63) is 35.4 Å². The van der Waals surface area contributed by atoms with E-state index in [0.29, 0.717) is 17.4 Å². The van der Waals surface area contributed by atoms with Crippen LogP contribution in [0.3, 0.4) is 0 Å². The number of piperidine rings is 1. The average Bonchev–Trinajstić information content (AvgIpc) is 2.37. The van der Waals surface area contributed by atoms with Crippen molar-refractivity contribution in [1.82, 2.24) is 10.6 Å². The van der Waals surface area contributed by atoms with Crippen molar-refractivity contribution >= 4 is 0 Å². The van der Waals surface area contributed by atoms with Gasteiger partial charge in [0.2, 0.25) is 0 Å². The van der Waals surface area contributed by atoms with Gasteiger partial charge in [-0.15, -0.1) is 0 Å². The summed E-state index contributed by atoms with van der Waals surface area (Å²) in [7, 11) is 0. The molecule has 0 saturated carbocycles. The topological polar surface area (TPSA) is 24.1 Å². The zero-order chi connectivity index (χ0) is 13.9. The lowest BCUT2D eigenvalue weighted by molar-refractivity contribution is 0.184. The van der Waals surface area contributed by atoms with E-state index in [2.05, 4.69) is 62.6 Å². The van der Waals surface area contributed by atoms with E-state index in [0.717, 1.165) is 19.6 Å². The molecule has 0 amide bonds. The smallest absolute Gasteiger partial charge is 0.0208 e. The summed E-state index contributed by atoms with van der Waals surface area (Å²) in [5.41, 5.74) is 3.15. The lowest BCUT2D eigenvalue weighted by Crippen LogP contribution is -2.52. The van der Waals surface area contributed by atoms with Crippen molar-refractivity contribution in [3.63, 3.8) is 0 Å². The minimum Gasteiger partial charge on any atom is -0.316 e. The van der Waals surface area contributed by atoms with Gasteiger partial charge in [-0.1, -0.05) is 52.0 Å². The van der Waals surface area contributed by atoms with E-state index in [1.807, 2.05) is 0 Å². The summed E-state index contributed by atoms with van der Waals surface area (Å²) in [6, 6.07) is 9.65. The maximum absolute atomic E-state index is 3.74. The molecule has 1 aliphatic rings. The lowest BCUT2D eigenvalue weighted by Gasteiger charge is -2.39. The maximum Gasteiger partial charge on any atom is 0.0208 e. The van der Waals surface area contributed by atoms with Crippen molar-refractivity contribution in [3.8, 4) is 0 Å². The van der Waals surface area contributed by atoms with Crippen LogP contribution in [0.15, 0.2) is 24.3 Å². The Hall–Kier alpha value is -0.860. The van der Waals surface area contributed by atoms with Gasteiger partial charge in [0.1, 0.15) is 0 Å². The monoisotopic (exact) mass is 260 g/mol. The summed E-state index contributed by atoms with van der Waals surface area (Å²) >= 11 is 0. The van der Waals surface area contributed by atoms with Crippen LogP contribution in [-0.2, 0) is 6.54 Å². The molecule has 0 aliphatic carbocycles. The second kappa shape index (κ2) is 6.06. The van der Waals surface area contributed by atoms with Crippen LogP contribution in [0.2, 0.25) is 0 Å². The molecule has 0 spiro atoms. The molecule has 2 nitrogen and oxygen atoms in total. The predicted octanol–water partition coefficient (Wildman–Crippen LogP) is 3.29. The summed E-state index contributed by atoms with van der Waals surface area (Å²) < 4.78 is 0. The van der Waals surface area contributed by atoms with E-state index in [-0.39, 0.29) is 0 Å². The molecule has 1 fully saturated rings. The Labute approximate surface area is 118 Å². The van der Waals surface area contributed by atoms with Crippen molar-refractivity contribution in [2.75, 3.05) is 13.1 Å². The molecule has 106 valence electrons. The van der Waals surface area contributed by atoms with Crippen molar-refractivity contribution in [2.45, 2.75) is 52.6 Å².